The summed E-state index contributed by atoms with van der Waals surface area (Å²) in [6, 6.07) is 22.6. The molecule has 0 spiro atoms. The zero-order valence-corrected chi connectivity index (χ0v) is 23.7. The second-order valence-corrected chi connectivity index (χ2v) is 10.5. The quantitative estimate of drug-likeness (QED) is 0.167. The second kappa shape index (κ2) is 12.1. The Kier molecular flexibility index (Phi) is 7.89. The molecule has 0 saturated heterocycles. The van der Waals surface area contributed by atoms with Gasteiger partial charge >= 0.3 is 0 Å². The van der Waals surface area contributed by atoms with Crippen LogP contribution in [0, 0.1) is 17.0 Å². The van der Waals surface area contributed by atoms with Gasteiger partial charge in [0.1, 0.15) is 24.2 Å². The van der Waals surface area contributed by atoms with Crippen molar-refractivity contribution in [3.8, 4) is 23.1 Å². The van der Waals surface area contributed by atoms with Crippen molar-refractivity contribution in [2.24, 2.45) is 5.41 Å². The number of benzene rings is 4. The minimum atomic E-state index is -1.18. The topological polar surface area (TPSA) is 99.6 Å². The van der Waals surface area contributed by atoms with Gasteiger partial charge in [-0.05, 0) is 66.4 Å². The number of methoxy groups -OCH3 is 1. The first-order chi connectivity index (χ1) is 21.3. The van der Waals surface area contributed by atoms with E-state index < -0.39 is 23.0 Å². The number of nitrogens with one attached hydrogen (secondary N) is 1. The smallest absolute Gasteiger partial charge is 0.238 e. The van der Waals surface area contributed by atoms with Gasteiger partial charge in [0.05, 0.1) is 18.0 Å². The minimum absolute atomic E-state index is 0.0974. The maximum absolute atomic E-state index is 15.2. The molecule has 1 aliphatic carbocycles. The number of rotatable bonds is 11. The van der Waals surface area contributed by atoms with Gasteiger partial charge in [0.15, 0.2) is 28.8 Å². The number of aromatic nitrogens is 2. The van der Waals surface area contributed by atoms with Gasteiger partial charge in [0, 0.05) is 18.2 Å². The summed E-state index contributed by atoms with van der Waals surface area (Å²) in [6.07, 6.45) is 1.97. The molecule has 0 unspecified atom stereocenters. The lowest BCUT2D eigenvalue weighted by Crippen LogP contribution is -2.32. The van der Waals surface area contributed by atoms with E-state index in [0.29, 0.717) is 53.1 Å². The molecule has 1 N–H and O–H groups in total. The highest BCUT2D eigenvalue weighted by Gasteiger charge is 2.55. The molecule has 0 bridgehead atoms. The van der Waals surface area contributed by atoms with E-state index in [1.165, 1.54) is 49.8 Å². The summed E-state index contributed by atoms with van der Waals surface area (Å²) in [5.74, 6) is -0.968. The standard InChI is InChI=1S/C34H27F2N3O5/c1-42-29-17-25-27(18-30(29)43-19-21-5-3-2-4-6-21)37-20-38-32(25)44-28-12-7-22(15-26(28)36)16-31(40)34(13-14-34)33(41)39-24-10-8-23(35)9-11-24/h2-12,15,17-18,20H,13-14,16,19H2,1H3,(H,39,41). The number of anilines is 1. The number of fused-ring (bicyclic) bond motifs is 1. The highest BCUT2D eigenvalue weighted by molar-refractivity contribution is 6.14. The summed E-state index contributed by atoms with van der Waals surface area (Å²) in [5.41, 5.74) is 1.12. The van der Waals surface area contributed by atoms with Crippen LogP contribution in [0.2, 0.25) is 0 Å². The summed E-state index contributed by atoms with van der Waals surface area (Å²) in [6.45, 7) is 0.331. The van der Waals surface area contributed by atoms with E-state index in [2.05, 4.69) is 15.3 Å². The molecule has 1 saturated carbocycles. The number of halogens is 2. The third kappa shape index (κ3) is 6.05. The van der Waals surface area contributed by atoms with Crippen molar-refractivity contribution in [3.63, 3.8) is 0 Å². The predicted molar refractivity (Wildman–Crippen MR) is 159 cm³/mol. The van der Waals surface area contributed by atoms with Crippen molar-refractivity contribution in [2.75, 3.05) is 12.4 Å². The highest BCUT2D eigenvalue weighted by Crippen LogP contribution is 2.48. The molecule has 1 aromatic heterocycles. The highest BCUT2D eigenvalue weighted by atomic mass is 19.1. The van der Waals surface area contributed by atoms with Crippen molar-refractivity contribution < 1.29 is 32.6 Å². The summed E-state index contributed by atoms with van der Waals surface area (Å²) < 4.78 is 45.7. The summed E-state index contributed by atoms with van der Waals surface area (Å²) >= 11 is 0. The Morgan fingerprint density at radius 1 is 0.864 bits per heavy atom. The number of hydrogen-bond acceptors (Lipinski definition) is 7. The van der Waals surface area contributed by atoms with Crippen LogP contribution < -0.4 is 19.5 Å². The van der Waals surface area contributed by atoms with Crippen LogP contribution >= 0.6 is 0 Å². The van der Waals surface area contributed by atoms with Crippen LogP contribution in [0.1, 0.15) is 24.0 Å². The van der Waals surface area contributed by atoms with E-state index >= 15 is 4.39 Å². The average Bonchev–Trinajstić information content (AvgIpc) is 3.85. The molecule has 6 rings (SSSR count). The van der Waals surface area contributed by atoms with E-state index in [1.807, 2.05) is 30.3 Å². The van der Waals surface area contributed by atoms with Crippen LogP contribution in [0.5, 0.6) is 23.1 Å². The fraction of sp³-hybridized carbons (Fsp3) is 0.176. The third-order valence-corrected chi connectivity index (χ3v) is 7.51. The van der Waals surface area contributed by atoms with Crippen LogP contribution in [0.25, 0.3) is 10.9 Å². The van der Waals surface area contributed by atoms with Crippen LogP contribution in [0.4, 0.5) is 14.5 Å². The number of hydrogen-bond donors (Lipinski definition) is 1. The Bertz CT molecular complexity index is 1840. The first-order valence-electron chi connectivity index (χ1n) is 13.9. The van der Waals surface area contributed by atoms with Crippen molar-refractivity contribution in [2.45, 2.75) is 25.9 Å². The molecule has 8 nitrogen and oxygen atoms in total. The molecular formula is C34H27F2N3O5. The number of Topliss-reactive ketones (excluding diaryl/α,β-unsaturated/α-hetero) is 1. The summed E-state index contributed by atoms with van der Waals surface area (Å²) in [7, 11) is 1.51. The van der Waals surface area contributed by atoms with Crippen molar-refractivity contribution in [3.05, 3.63) is 114 Å². The number of ketones is 1. The minimum Gasteiger partial charge on any atom is -0.493 e. The molecule has 1 amide bonds. The molecule has 0 aliphatic heterocycles. The van der Waals surface area contributed by atoms with Gasteiger partial charge in [-0.15, -0.1) is 0 Å². The van der Waals surface area contributed by atoms with Gasteiger partial charge in [-0.3, -0.25) is 9.59 Å². The van der Waals surface area contributed by atoms with Gasteiger partial charge in [-0.1, -0.05) is 36.4 Å². The van der Waals surface area contributed by atoms with Crippen molar-refractivity contribution in [1.29, 1.82) is 0 Å². The third-order valence-electron chi connectivity index (χ3n) is 7.51. The SMILES string of the molecule is COc1cc2c(Oc3ccc(CC(=O)C4(C(=O)Nc5ccc(F)cc5)CC4)cc3F)ncnc2cc1OCc1ccccc1. The molecule has 44 heavy (non-hydrogen) atoms. The normalized spacial score (nSPS) is 13.2. The molecule has 222 valence electrons. The number of amides is 1. The second-order valence-electron chi connectivity index (χ2n) is 10.5. The molecule has 1 heterocycles. The lowest BCUT2D eigenvalue weighted by atomic mass is 9.94. The van der Waals surface area contributed by atoms with Gasteiger partial charge in [-0.25, -0.2) is 18.7 Å². The molecule has 1 aliphatic rings. The molecule has 4 aromatic carbocycles. The molecular weight excluding hydrogens is 568 g/mol. The fourth-order valence-electron chi connectivity index (χ4n) is 4.87. The predicted octanol–water partition coefficient (Wildman–Crippen LogP) is 6.82. The summed E-state index contributed by atoms with van der Waals surface area (Å²) in [4.78, 5) is 34.5. The number of nitrogens with zero attached hydrogens (tertiary/aromatic N) is 2. The van der Waals surface area contributed by atoms with E-state index in [0.717, 1.165) is 5.56 Å². The van der Waals surface area contributed by atoms with Crippen LogP contribution in [0.3, 0.4) is 0 Å². The van der Waals surface area contributed by atoms with Gasteiger partial charge in [-0.2, -0.15) is 0 Å². The molecule has 10 heteroatoms. The molecule has 1 fully saturated rings. The lowest BCUT2D eigenvalue weighted by Gasteiger charge is -2.15. The molecule has 5 aromatic rings. The maximum atomic E-state index is 15.2. The van der Waals surface area contributed by atoms with E-state index in [1.54, 1.807) is 18.2 Å². The Hall–Kier alpha value is -5.38. The Morgan fingerprint density at radius 3 is 2.34 bits per heavy atom. The monoisotopic (exact) mass is 595 g/mol. The Balaban J connectivity index is 1.15. The first kappa shape index (κ1) is 28.7. The zero-order valence-electron chi connectivity index (χ0n) is 23.7. The van der Waals surface area contributed by atoms with Gasteiger partial charge in [0.2, 0.25) is 11.8 Å². The van der Waals surface area contributed by atoms with E-state index in [-0.39, 0.29) is 23.8 Å². The summed E-state index contributed by atoms with van der Waals surface area (Å²) in [5, 5.41) is 3.16. The van der Waals surface area contributed by atoms with E-state index in [4.69, 9.17) is 14.2 Å². The number of carbonyl (C=O) groups is 2. The Morgan fingerprint density at radius 2 is 1.64 bits per heavy atom. The molecule has 0 radical (unpaired) electrons. The molecule has 0 atom stereocenters. The van der Waals surface area contributed by atoms with Crippen LogP contribution in [0.15, 0.2) is 91.3 Å². The maximum Gasteiger partial charge on any atom is 0.238 e. The largest absolute Gasteiger partial charge is 0.493 e. The van der Waals surface area contributed by atoms with Crippen LogP contribution in [-0.2, 0) is 22.6 Å². The first-order valence-corrected chi connectivity index (χ1v) is 13.9. The van der Waals surface area contributed by atoms with Gasteiger partial charge in [0.25, 0.3) is 0 Å². The Labute approximate surface area is 251 Å². The zero-order chi connectivity index (χ0) is 30.7. The van der Waals surface area contributed by atoms with Crippen molar-refractivity contribution >= 4 is 28.3 Å². The van der Waals surface area contributed by atoms with Gasteiger partial charge < -0.3 is 19.5 Å². The number of carbonyl (C=O) groups excluding carboxylic acids is 2. The van der Waals surface area contributed by atoms with Crippen LogP contribution in [-0.4, -0.2) is 28.8 Å². The lowest BCUT2D eigenvalue weighted by molar-refractivity contribution is -0.132. The average molecular weight is 596 g/mol. The fourth-order valence-corrected chi connectivity index (χ4v) is 4.87. The van der Waals surface area contributed by atoms with E-state index in [9.17, 15) is 14.0 Å². The number of ether oxygens (including phenoxy) is 3. The van der Waals surface area contributed by atoms with Crippen molar-refractivity contribution in [1.82, 2.24) is 9.97 Å².